The number of fused-ring (bicyclic) bond motifs is 2. The molecule has 0 aliphatic carbocycles. The van der Waals surface area contributed by atoms with Crippen LogP contribution in [0, 0.1) is 0 Å². The number of anilines is 1. The number of hydrogen-bond donors (Lipinski definition) is 2. The van der Waals surface area contributed by atoms with Crippen molar-refractivity contribution in [2.75, 3.05) is 5.32 Å². The first-order valence-electron chi connectivity index (χ1n) is 9.35. The van der Waals surface area contributed by atoms with Gasteiger partial charge in [0.25, 0.3) is 18.2 Å². The van der Waals surface area contributed by atoms with Gasteiger partial charge in [-0.25, -0.2) is 8.78 Å². The van der Waals surface area contributed by atoms with Crippen LogP contribution in [0.1, 0.15) is 50.1 Å². The van der Waals surface area contributed by atoms with Crippen LogP contribution in [0.3, 0.4) is 0 Å². The summed E-state index contributed by atoms with van der Waals surface area (Å²) in [7, 11) is 1.42. The van der Waals surface area contributed by atoms with Crippen LogP contribution in [0.15, 0.2) is 48.7 Å². The van der Waals surface area contributed by atoms with Gasteiger partial charge < -0.3 is 10.6 Å². The first-order valence-corrected chi connectivity index (χ1v) is 10.1. The summed E-state index contributed by atoms with van der Waals surface area (Å²) in [5.41, 5.74) is 1.26. The Hall–Kier alpha value is -3.66. The number of nitrogens with one attached hydrogen (secondary N) is 2. The number of halogens is 2. The zero-order valence-corrected chi connectivity index (χ0v) is 16.9. The Bertz CT molecular complexity index is 1350. The number of alkyl halides is 2. The molecule has 0 fully saturated rings. The Morgan fingerprint density at radius 1 is 1.23 bits per heavy atom. The normalized spacial score (nSPS) is 15.4. The number of benzene rings is 2. The van der Waals surface area contributed by atoms with Gasteiger partial charge in [0, 0.05) is 34.8 Å². The maximum Gasteiger partial charge on any atom is 0.280 e. The molecule has 7 nitrogen and oxygen atoms in total. The predicted octanol–water partition coefficient (Wildman–Crippen LogP) is 4.05. The Labute approximate surface area is 178 Å². The minimum absolute atomic E-state index is 0.186. The fraction of sp³-hybridized carbons (Fsp3) is 0.143. The minimum Gasteiger partial charge on any atom is -0.341 e. The highest BCUT2D eigenvalue weighted by Gasteiger charge is 2.36. The fourth-order valence-electron chi connectivity index (χ4n) is 3.88. The molecule has 1 unspecified atom stereocenters. The molecule has 0 saturated heterocycles. The number of nitrogens with zero attached hydrogens (tertiary/aromatic N) is 3. The molecule has 1 atom stereocenters. The van der Waals surface area contributed by atoms with Gasteiger partial charge in [-0.05, 0) is 29.7 Å². The summed E-state index contributed by atoms with van der Waals surface area (Å²) in [4.78, 5) is 25.5. The fourth-order valence-corrected chi connectivity index (χ4v) is 4.66. The summed E-state index contributed by atoms with van der Waals surface area (Å²) in [5.74, 6) is -0.844. The van der Waals surface area contributed by atoms with E-state index in [-0.39, 0.29) is 17.0 Å². The van der Waals surface area contributed by atoms with Gasteiger partial charge in [-0.1, -0.05) is 24.3 Å². The number of aromatic nitrogens is 3. The van der Waals surface area contributed by atoms with Crippen molar-refractivity contribution in [1.82, 2.24) is 19.5 Å². The van der Waals surface area contributed by atoms with E-state index in [4.69, 9.17) is 0 Å². The highest BCUT2D eigenvalue weighted by Crippen LogP contribution is 2.39. The van der Waals surface area contributed by atoms with Crippen LogP contribution in [0.4, 0.5) is 14.5 Å². The van der Waals surface area contributed by atoms with Crippen molar-refractivity contribution < 1.29 is 18.4 Å². The lowest BCUT2D eigenvalue weighted by atomic mass is 9.96. The third-order valence-electron chi connectivity index (χ3n) is 5.29. The Morgan fingerprint density at radius 2 is 2.03 bits per heavy atom. The Morgan fingerprint density at radius 3 is 2.84 bits per heavy atom. The molecule has 5 rings (SSSR count). The van der Waals surface area contributed by atoms with Crippen molar-refractivity contribution in [3.05, 3.63) is 76.7 Å². The summed E-state index contributed by atoms with van der Waals surface area (Å²) in [6, 6.07) is 11.4. The van der Waals surface area contributed by atoms with Gasteiger partial charge in [-0.3, -0.25) is 14.3 Å². The van der Waals surface area contributed by atoms with Gasteiger partial charge in [0.1, 0.15) is 11.4 Å². The van der Waals surface area contributed by atoms with Crippen LogP contribution < -0.4 is 10.6 Å². The molecular weight excluding hydrogens is 424 g/mol. The van der Waals surface area contributed by atoms with E-state index < -0.39 is 24.3 Å². The average molecular weight is 439 g/mol. The standard InChI is InChI=1S/C21H15F2N5O2S/c1-28-18(19(22)23)12(9-24-28)16-15-11(20(29)26-16)6-4-7-13(15)25-21(30)17-10-5-2-3-8-14(10)31-27-17/h2-9,16,19H,1H3,(H,25,30)(H,26,29). The van der Waals surface area contributed by atoms with Gasteiger partial charge >= 0.3 is 0 Å². The van der Waals surface area contributed by atoms with Crippen LogP contribution in [0.2, 0.25) is 0 Å². The van der Waals surface area contributed by atoms with Crippen LogP contribution in [0.5, 0.6) is 0 Å². The van der Waals surface area contributed by atoms with Crippen molar-refractivity contribution in [3.8, 4) is 0 Å². The van der Waals surface area contributed by atoms with Crippen molar-refractivity contribution in [3.63, 3.8) is 0 Å². The van der Waals surface area contributed by atoms with E-state index in [9.17, 15) is 18.4 Å². The van der Waals surface area contributed by atoms with Crippen LogP contribution in [-0.2, 0) is 7.05 Å². The average Bonchev–Trinajstić information content (AvgIpc) is 3.43. The maximum atomic E-state index is 13.6. The molecule has 0 radical (unpaired) electrons. The molecule has 1 aliphatic rings. The topological polar surface area (TPSA) is 88.9 Å². The lowest BCUT2D eigenvalue weighted by molar-refractivity contribution is 0.0957. The van der Waals surface area contributed by atoms with Gasteiger partial charge in [0.15, 0.2) is 0 Å². The number of rotatable bonds is 4. The summed E-state index contributed by atoms with van der Waals surface area (Å²) in [6.07, 6.45) is -1.46. The lowest BCUT2D eigenvalue weighted by Crippen LogP contribution is -2.21. The smallest absolute Gasteiger partial charge is 0.280 e. The molecule has 31 heavy (non-hydrogen) atoms. The first kappa shape index (κ1) is 19.3. The van der Waals surface area contributed by atoms with E-state index in [0.717, 1.165) is 14.8 Å². The molecule has 4 aromatic rings. The van der Waals surface area contributed by atoms with E-state index >= 15 is 0 Å². The molecular formula is C21H15F2N5O2S. The summed E-state index contributed by atoms with van der Waals surface area (Å²) in [5, 5.41) is 10.2. The second kappa shape index (κ2) is 7.24. The van der Waals surface area contributed by atoms with E-state index in [0.29, 0.717) is 16.8 Å². The highest BCUT2D eigenvalue weighted by atomic mass is 32.1. The molecule has 10 heteroatoms. The van der Waals surface area contributed by atoms with Crippen molar-refractivity contribution in [1.29, 1.82) is 0 Å². The molecule has 0 spiro atoms. The molecule has 2 aromatic heterocycles. The molecule has 2 N–H and O–H groups in total. The van der Waals surface area contributed by atoms with Gasteiger partial charge in [0.05, 0.1) is 16.9 Å². The SMILES string of the molecule is Cn1ncc(C2NC(=O)c3cccc(NC(=O)c4nsc5ccccc45)c32)c1C(F)F. The monoisotopic (exact) mass is 439 g/mol. The second-order valence-electron chi connectivity index (χ2n) is 7.06. The van der Waals surface area contributed by atoms with Crippen molar-refractivity contribution in [2.45, 2.75) is 12.5 Å². The molecule has 2 aromatic carbocycles. The maximum absolute atomic E-state index is 13.6. The summed E-state index contributed by atoms with van der Waals surface area (Å²) >= 11 is 1.21. The molecule has 1 aliphatic heterocycles. The number of hydrogen-bond acceptors (Lipinski definition) is 5. The molecule has 156 valence electrons. The predicted molar refractivity (Wildman–Crippen MR) is 111 cm³/mol. The highest BCUT2D eigenvalue weighted by molar-refractivity contribution is 7.13. The van der Waals surface area contributed by atoms with Crippen molar-refractivity contribution >= 4 is 39.1 Å². The van der Waals surface area contributed by atoms with Gasteiger partial charge in [-0.15, -0.1) is 0 Å². The van der Waals surface area contributed by atoms with Crippen LogP contribution >= 0.6 is 11.5 Å². The largest absolute Gasteiger partial charge is 0.341 e. The molecule has 0 saturated carbocycles. The third-order valence-corrected chi connectivity index (χ3v) is 6.11. The van der Waals surface area contributed by atoms with Crippen molar-refractivity contribution in [2.24, 2.45) is 7.05 Å². The van der Waals surface area contributed by atoms with Gasteiger partial charge in [-0.2, -0.15) is 9.47 Å². The molecule has 3 heterocycles. The summed E-state index contributed by atoms with van der Waals surface area (Å²) < 4.78 is 33.5. The second-order valence-corrected chi connectivity index (χ2v) is 7.87. The first-order chi connectivity index (χ1) is 15.0. The summed E-state index contributed by atoms with van der Waals surface area (Å²) in [6.45, 7) is 0. The van der Waals surface area contributed by atoms with Gasteiger partial charge in [0.2, 0.25) is 0 Å². The van der Waals surface area contributed by atoms with E-state index in [1.807, 2.05) is 24.3 Å². The lowest BCUT2D eigenvalue weighted by Gasteiger charge is -2.16. The minimum atomic E-state index is -2.77. The molecule has 2 amide bonds. The Balaban J connectivity index is 1.57. The zero-order valence-electron chi connectivity index (χ0n) is 16.1. The molecule has 0 bridgehead atoms. The number of carbonyl (C=O) groups excluding carboxylic acids is 2. The zero-order chi connectivity index (χ0) is 21.7. The quantitative estimate of drug-likeness (QED) is 0.502. The van der Waals surface area contributed by atoms with E-state index in [1.54, 1.807) is 18.2 Å². The van der Waals surface area contributed by atoms with Crippen LogP contribution in [0.25, 0.3) is 10.1 Å². The number of aryl methyl sites for hydroxylation is 1. The van der Waals surface area contributed by atoms with Crippen LogP contribution in [-0.4, -0.2) is 26.0 Å². The van der Waals surface area contributed by atoms with E-state index in [1.165, 1.54) is 24.8 Å². The third kappa shape index (κ3) is 3.07. The number of amides is 2. The Kier molecular flexibility index (Phi) is 4.51. The number of carbonyl (C=O) groups is 2. The van der Waals surface area contributed by atoms with E-state index in [2.05, 4.69) is 20.1 Å².